The van der Waals surface area contributed by atoms with Gasteiger partial charge in [-0.15, -0.1) is 10.7 Å². The van der Waals surface area contributed by atoms with Gasteiger partial charge in [0.05, 0.1) is 46.8 Å². The molecule has 1 unspecified atom stereocenters. The summed E-state index contributed by atoms with van der Waals surface area (Å²) in [5.74, 6) is 4.90. The van der Waals surface area contributed by atoms with Crippen LogP contribution in [0, 0.1) is 0 Å². The highest BCUT2D eigenvalue weighted by Crippen LogP contribution is 2.41. The van der Waals surface area contributed by atoms with Gasteiger partial charge in [0.25, 0.3) is 0 Å². The Balaban J connectivity index is 1.45. The summed E-state index contributed by atoms with van der Waals surface area (Å²) in [5.41, 5.74) is 10.3. The Labute approximate surface area is 265 Å². The lowest BCUT2D eigenvalue weighted by molar-refractivity contribution is 0.340. The first-order valence-electron chi connectivity index (χ1n) is 15.0. The summed E-state index contributed by atoms with van der Waals surface area (Å²) in [5, 5.41) is 8.18. The smallest absolute Gasteiger partial charge is 0.166 e. The molecule has 0 amide bonds. The van der Waals surface area contributed by atoms with Crippen LogP contribution < -0.4 is 20.1 Å². The van der Waals surface area contributed by atoms with Gasteiger partial charge in [-0.05, 0) is 65.1 Å². The highest BCUT2D eigenvalue weighted by atomic mass is 32.2. The quantitative estimate of drug-likeness (QED) is 0.167. The van der Waals surface area contributed by atoms with Crippen molar-refractivity contribution in [2.75, 3.05) is 49.6 Å². The van der Waals surface area contributed by atoms with E-state index in [1.54, 1.807) is 7.11 Å². The molecule has 1 aliphatic rings. The number of pyridine rings is 1. The number of piperazine rings is 1. The highest BCUT2D eigenvalue weighted by Gasteiger charge is 2.21. The zero-order valence-electron chi connectivity index (χ0n) is 27.0. The zero-order chi connectivity index (χ0) is 31.6. The van der Waals surface area contributed by atoms with E-state index < -0.39 is 0 Å². The van der Waals surface area contributed by atoms with E-state index in [1.807, 2.05) is 6.20 Å². The molecular formula is C36H46N6OS. The Morgan fingerprint density at radius 1 is 1.07 bits per heavy atom. The van der Waals surface area contributed by atoms with Gasteiger partial charge in [0.2, 0.25) is 0 Å². The lowest BCUT2D eigenvalue weighted by Crippen LogP contribution is -2.42. The van der Waals surface area contributed by atoms with Crippen molar-refractivity contribution in [3.05, 3.63) is 96.0 Å². The number of methoxy groups -OCH3 is 1. The average Bonchev–Trinajstić information content (AvgIpc) is 3.33. The number of nitrogens with one attached hydrogen (secondary N) is 3. The second-order valence-electron chi connectivity index (χ2n) is 12.6. The number of nitrogens with zero attached hydrogens (tertiary/aromatic N) is 3. The van der Waals surface area contributed by atoms with Gasteiger partial charge < -0.3 is 29.6 Å². The number of ether oxygens (including phenoxy) is 1. The molecule has 1 aliphatic heterocycles. The van der Waals surface area contributed by atoms with Crippen LogP contribution in [0.25, 0.3) is 22.3 Å². The fraction of sp³-hybridized carbons (Fsp3) is 0.333. The van der Waals surface area contributed by atoms with Gasteiger partial charge in [0.1, 0.15) is 0 Å². The van der Waals surface area contributed by atoms with Crippen LogP contribution in [0.4, 0.5) is 11.4 Å². The van der Waals surface area contributed by atoms with Gasteiger partial charge in [-0.1, -0.05) is 58.0 Å². The van der Waals surface area contributed by atoms with E-state index in [0.717, 1.165) is 72.5 Å². The average molecular weight is 611 g/mol. The summed E-state index contributed by atoms with van der Waals surface area (Å²) in [7, 11) is 3.56. The lowest BCUT2D eigenvalue weighted by atomic mass is 9.86. The molecule has 3 N–H and O–H groups in total. The molecule has 1 fully saturated rings. The van der Waals surface area contributed by atoms with Gasteiger partial charge in [0.15, 0.2) is 5.75 Å². The number of rotatable bonds is 10. The van der Waals surface area contributed by atoms with Crippen molar-refractivity contribution in [1.29, 1.82) is 0 Å². The van der Waals surface area contributed by atoms with Crippen molar-refractivity contribution < 1.29 is 4.74 Å². The summed E-state index contributed by atoms with van der Waals surface area (Å²) < 4.78 is 11.6. The molecule has 8 heteroatoms. The van der Waals surface area contributed by atoms with E-state index in [1.165, 1.54) is 27.6 Å². The minimum absolute atomic E-state index is 0.0489. The van der Waals surface area contributed by atoms with Crippen LogP contribution in [0.5, 0.6) is 5.75 Å². The van der Waals surface area contributed by atoms with Crippen molar-refractivity contribution in [3.8, 4) is 5.75 Å². The molecule has 1 saturated heterocycles. The van der Waals surface area contributed by atoms with Crippen molar-refractivity contribution in [3.63, 3.8) is 0 Å². The first-order chi connectivity index (χ1) is 21.0. The number of anilines is 2. The molecule has 1 atom stereocenters. The van der Waals surface area contributed by atoms with Gasteiger partial charge in [-0.3, -0.25) is 4.98 Å². The predicted molar refractivity (Wildman–Crippen MR) is 192 cm³/mol. The van der Waals surface area contributed by atoms with Crippen molar-refractivity contribution in [2.45, 2.75) is 32.6 Å². The maximum absolute atomic E-state index is 5.91. The third-order valence-corrected chi connectivity index (χ3v) is 8.76. The van der Waals surface area contributed by atoms with Crippen LogP contribution in [-0.4, -0.2) is 59.9 Å². The molecule has 44 heavy (non-hydrogen) atoms. The predicted octanol–water partition coefficient (Wildman–Crippen LogP) is 7.09. The molecule has 2 aromatic carbocycles. The summed E-state index contributed by atoms with van der Waals surface area (Å²) in [4.78, 5) is 6.97. The minimum atomic E-state index is -0.258. The topological polar surface area (TPSA) is 66.4 Å². The molecule has 0 saturated carbocycles. The number of para-hydroxylation sites is 1. The molecule has 0 radical (unpaired) electrons. The van der Waals surface area contributed by atoms with Crippen LogP contribution >= 0.6 is 10.7 Å². The number of fused-ring (bicyclic) bond motifs is 1. The Morgan fingerprint density at radius 3 is 2.48 bits per heavy atom. The first-order valence-corrected chi connectivity index (χ1v) is 16.8. The van der Waals surface area contributed by atoms with E-state index in [9.17, 15) is 0 Å². The standard InChI is InChI=1S/C36H46N6OS/c1-24(39-31-22-29(36(3,4)5)23-32(35(31)43-7)40-44(8)9)33-21-28-12-10-11-27(34(28)41(33)6)19-26-13-14-38-30(20-26)25(2)42-17-15-37-16-18-42/h10-14,20-23,37,39-40H,1-2,8,15-19H2,3-7,9H3. The fourth-order valence-corrected chi connectivity index (χ4v) is 6.38. The molecule has 232 valence electrons. The molecular weight excluding hydrogens is 565 g/mol. The third-order valence-electron chi connectivity index (χ3n) is 8.19. The van der Waals surface area contributed by atoms with Gasteiger partial charge in [-0.2, -0.15) is 0 Å². The third kappa shape index (κ3) is 6.71. The summed E-state index contributed by atoms with van der Waals surface area (Å²) >= 11 is 0. The number of aromatic nitrogens is 2. The summed E-state index contributed by atoms with van der Waals surface area (Å²) in [6.45, 7) is 19.3. The monoisotopic (exact) mass is 610 g/mol. The van der Waals surface area contributed by atoms with Crippen LogP contribution in [-0.2, 0) is 18.9 Å². The molecule has 2 aromatic heterocycles. The molecule has 5 rings (SSSR count). The maximum Gasteiger partial charge on any atom is 0.166 e. The lowest BCUT2D eigenvalue weighted by Gasteiger charge is -2.30. The Hall–Kier alpha value is -4.01. The van der Waals surface area contributed by atoms with E-state index >= 15 is 0 Å². The van der Waals surface area contributed by atoms with Crippen molar-refractivity contribution >= 4 is 50.2 Å². The van der Waals surface area contributed by atoms with Gasteiger partial charge in [0, 0.05) is 44.8 Å². The van der Waals surface area contributed by atoms with Crippen LogP contribution in [0.2, 0.25) is 0 Å². The minimum Gasteiger partial charge on any atom is -0.492 e. The van der Waals surface area contributed by atoms with Crippen molar-refractivity contribution in [1.82, 2.24) is 19.8 Å². The van der Waals surface area contributed by atoms with Crippen molar-refractivity contribution in [2.24, 2.45) is 7.05 Å². The first kappa shape index (κ1) is 31.4. The fourth-order valence-electron chi connectivity index (χ4n) is 5.86. The summed E-state index contributed by atoms with van der Waals surface area (Å²) in [6.07, 6.45) is 4.75. The molecule has 0 aliphatic carbocycles. The Kier molecular flexibility index (Phi) is 9.23. The van der Waals surface area contributed by atoms with E-state index in [-0.39, 0.29) is 16.1 Å². The number of benzene rings is 2. The van der Waals surface area contributed by atoms with E-state index in [4.69, 9.17) is 4.74 Å². The largest absolute Gasteiger partial charge is 0.492 e. The molecule has 0 spiro atoms. The van der Waals surface area contributed by atoms with Crippen LogP contribution in [0.1, 0.15) is 48.8 Å². The normalized spacial score (nSPS) is 14.4. The highest BCUT2D eigenvalue weighted by molar-refractivity contribution is 8.14. The second-order valence-corrected chi connectivity index (χ2v) is 14.0. The van der Waals surface area contributed by atoms with Crippen LogP contribution in [0.15, 0.2) is 67.9 Å². The molecule has 0 bridgehead atoms. The number of hydrogen-bond acceptors (Lipinski definition) is 6. The SMILES string of the molecule is C=C(Nc1cc(C(C)(C)C)cc(NS(=C)C)c1OC)c1cc2cccc(Cc3ccnc(C(=C)N4CCNCC4)c3)c2n1C. The van der Waals surface area contributed by atoms with Gasteiger partial charge in [-0.25, -0.2) is 0 Å². The summed E-state index contributed by atoms with van der Waals surface area (Å²) in [6, 6.07) is 17.3. The Morgan fingerprint density at radius 2 is 1.80 bits per heavy atom. The molecule has 4 aromatic rings. The van der Waals surface area contributed by atoms with E-state index in [0.29, 0.717) is 0 Å². The van der Waals surface area contributed by atoms with Gasteiger partial charge >= 0.3 is 0 Å². The second kappa shape index (κ2) is 12.9. The zero-order valence-corrected chi connectivity index (χ0v) is 27.8. The molecule has 3 heterocycles. The number of hydrogen-bond donors (Lipinski definition) is 3. The van der Waals surface area contributed by atoms with Crippen LogP contribution in [0.3, 0.4) is 0 Å². The van der Waals surface area contributed by atoms with E-state index in [2.05, 4.69) is 131 Å². The number of aryl methyl sites for hydroxylation is 1. The molecule has 7 nitrogen and oxygen atoms in total. The maximum atomic E-state index is 5.91. The Bertz CT molecular complexity index is 1720.